The van der Waals surface area contributed by atoms with Crippen LogP contribution in [0.5, 0.6) is 5.75 Å². The zero-order valence-electron chi connectivity index (χ0n) is 15.8. The minimum atomic E-state index is -0.594. The molecule has 0 atom stereocenters. The summed E-state index contributed by atoms with van der Waals surface area (Å²) in [6, 6.07) is 14.2. The number of phenols is 1. The molecule has 0 radical (unpaired) electrons. The first kappa shape index (κ1) is 19.9. The molecule has 0 saturated carbocycles. The number of carbonyl (C=O) groups excluding carboxylic acids is 1. The van der Waals surface area contributed by atoms with Crippen LogP contribution in [0.1, 0.15) is 19.4 Å². The minimum Gasteiger partial charge on any atom is -0.506 e. The van der Waals surface area contributed by atoms with E-state index in [9.17, 15) is 15.2 Å². The summed E-state index contributed by atoms with van der Waals surface area (Å²) in [5.41, 5.74) is 3.11. The van der Waals surface area contributed by atoms with Gasteiger partial charge in [-0.3, -0.25) is 4.79 Å². The second kappa shape index (κ2) is 9.30. The maximum absolute atomic E-state index is 12.3. The lowest BCUT2D eigenvalue weighted by Gasteiger charge is -2.22. The molecule has 1 amide bonds. The smallest absolute Gasteiger partial charge is 0.267 e. The predicted molar refractivity (Wildman–Crippen MR) is 109 cm³/mol. The monoisotopic (exact) mass is 364 g/mol. The van der Waals surface area contributed by atoms with Crippen LogP contribution in [0, 0.1) is 18.3 Å². The van der Waals surface area contributed by atoms with Gasteiger partial charge < -0.3 is 20.6 Å². The fourth-order valence-corrected chi connectivity index (χ4v) is 2.66. The van der Waals surface area contributed by atoms with Gasteiger partial charge in [-0.2, -0.15) is 5.26 Å². The summed E-state index contributed by atoms with van der Waals surface area (Å²) in [5.74, 6) is -0.650. The van der Waals surface area contributed by atoms with Crippen LogP contribution in [0.2, 0.25) is 0 Å². The van der Waals surface area contributed by atoms with Gasteiger partial charge in [0.2, 0.25) is 0 Å². The Hall–Kier alpha value is -3.46. The topological polar surface area (TPSA) is 88.4 Å². The number of rotatable bonds is 7. The van der Waals surface area contributed by atoms with Crippen molar-refractivity contribution >= 4 is 23.0 Å². The predicted octanol–water partition coefficient (Wildman–Crippen LogP) is 4.00. The van der Waals surface area contributed by atoms with E-state index in [-0.39, 0.29) is 17.0 Å². The summed E-state index contributed by atoms with van der Waals surface area (Å²) in [4.78, 5) is 14.5. The van der Waals surface area contributed by atoms with Crippen LogP contribution >= 0.6 is 0 Å². The molecule has 0 aliphatic carbocycles. The standard InChI is InChI=1S/C21H24N4O2/c1-4-25(5-2)17-10-11-18(15(3)12-17)23-14-16(13-22)21(27)24-19-8-6-7-9-20(19)26/h6-12,14,23,26H,4-5H2,1-3H3,(H,24,27)/b16-14-. The highest BCUT2D eigenvalue weighted by molar-refractivity contribution is 6.07. The summed E-state index contributed by atoms with van der Waals surface area (Å²) in [6.07, 6.45) is 1.37. The molecular weight excluding hydrogens is 340 g/mol. The highest BCUT2D eigenvalue weighted by atomic mass is 16.3. The van der Waals surface area contributed by atoms with Gasteiger partial charge in [0.15, 0.2) is 0 Å². The van der Waals surface area contributed by atoms with Gasteiger partial charge >= 0.3 is 0 Å². The van der Waals surface area contributed by atoms with E-state index in [1.54, 1.807) is 18.2 Å². The molecule has 0 aliphatic heterocycles. The number of phenolic OH excluding ortho intramolecular Hbond substituents is 1. The minimum absolute atomic E-state index is 0.0565. The fourth-order valence-electron chi connectivity index (χ4n) is 2.66. The number of amides is 1. The molecule has 27 heavy (non-hydrogen) atoms. The molecule has 0 fully saturated rings. The third-order valence-electron chi connectivity index (χ3n) is 4.23. The molecule has 0 spiro atoms. The van der Waals surface area contributed by atoms with Crippen molar-refractivity contribution in [1.29, 1.82) is 5.26 Å². The van der Waals surface area contributed by atoms with Gasteiger partial charge in [0.05, 0.1) is 5.69 Å². The summed E-state index contributed by atoms with van der Waals surface area (Å²) >= 11 is 0. The van der Waals surface area contributed by atoms with Crippen LogP contribution in [0.3, 0.4) is 0 Å². The number of para-hydroxylation sites is 2. The number of benzene rings is 2. The molecule has 6 nitrogen and oxygen atoms in total. The van der Waals surface area contributed by atoms with E-state index < -0.39 is 5.91 Å². The Kier molecular flexibility index (Phi) is 6.84. The molecule has 0 aliphatic rings. The second-order valence-electron chi connectivity index (χ2n) is 5.96. The van der Waals surface area contributed by atoms with Crippen molar-refractivity contribution in [2.24, 2.45) is 0 Å². The van der Waals surface area contributed by atoms with Crippen LogP contribution in [-0.2, 0) is 4.79 Å². The maximum Gasteiger partial charge on any atom is 0.267 e. The molecule has 0 aromatic heterocycles. The van der Waals surface area contributed by atoms with E-state index >= 15 is 0 Å². The van der Waals surface area contributed by atoms with E-state index in [0.717, 1.165) is 30.0 Å². The van der Waals surface area contributed by atoms with Crippen LogP contribution in [0.4, 0.5) is 17.1 Å². The highest BCUT2D eigenvalue weighted by Gasteiger charge is 2.12. The average Bonchev–Trinajstić information content (AvgIpc) is 2.66. The van der Waals surface area contributed by atoms with Crippen molar-refractivity contribution in [2.75, 3.05) is 28.6 Å². The molecule has 2 rings (SSSR count). The van der Waals surface area contributed by atoms with E-state index in [1.807, 2.05) is 25.1 Å². The van der Waals surface area contributed by atoms with Crippen LogP contribution in [0.15, 0.2) is 54.2 Å². The Labute approximate surface area is 159 Å². The van der Waals surface area contributed by atoms with Gasteiger partial charge in [-0.05, 0) is 56.7 Å². The molecule has 3 N–H and O–H groups in total. The van der Waals surface area contributed by atoms with E-state index in [1.165, 1.54) is 12.3 Å². The van der Waals surface area contributed by atoms with Crippen LogP contribution < -0.4 is 15.5 Å². The third-order valence-corrected chi connectivity index (χ3v) is 4.23. The first-order chi connectivity index (χ1) is 13.0. The van der Waals surface area contributed by atoms with Crippen molar-refractivity contribution in [3.8, 4) is 11.8 Å². The SMILES string of the molecule is CCN(CC)c1ccc(N/C=C(/C#N)C(=O)Nc2ccccc2O)c(C)c1. The van der Waals surface area contributed by atoms with Gasteiger partial charge in [-0.15, -0.1) is 0 Å². The quantitative estimate of drug-likeness (QED) is 0.392. The normalized spacial score (nSPS) is 10.8. The third kappa shape index (κ3) is 5.02. The van der Waals surface area contributed by atoms with E-state index in [0.29, 0.717) is 0 Å². The van der Waals surface area contributed by atoms with Crippen molar-refractivity contribution in [1.82, 2.24) is 0 Å². The number of nitriles is 1. The average molecular weight is 364 g/mol. The summed E-state index contributed by atoms with van der Waals surface area (Å²) in [6.45, 7) is 8.03. The molecular formula is C21H24N4O2. The Bertz CT molecular complexity index is 880. The lowest BCUT2D eigenvalue weighted by atomic mass is 10.1. The number of aromatic hydroxyl groups is 1. The van der Waals surface area contributed by atoms with Crippen molar-refractivity contribution < 1.29 is 9.90 Å². The molecule has 0 saturated heterocycles. The van der Waals surface area contributed by atoms with Crippen molar-refractivity contribution in [3.05, 3.63) is 59.8 Å². The molecule has 6 heteroatoms. The zero-order chi connectivity index (χ0) is 19.8. The number of hydrogen-bond acceptors (Lipinski definition) is 5. The second-order valence-corrected chi connectivity index (χ2v) is 5.96. The zero-order valence-corrected chi connectivity index (χ0v) is 15.8. The van der Waals surface area contributed by atoms with Gasteiger partial charge in [0.25, 0.3) is 5.91 Å². The van der Waals surface area contributed by atoms with Gasteiger partial charge in [-0.25, -0.2) is 0 Å². The number of carbonyl (C=O) groups is 1. The van der Waals surface area contributed by atoms with Crippen molar-refractivity contribution in [3.63, 3.8) is 0 Å². The molecule has 0 bridgehead atoms. The van der Waals surface area contributed by atoms with E-state index in [4.69, 9.17) is 0 Å². The number of aryl methyl sites for hydroxylation is 1. The number of nitrogens with zero attached hydrogens (tertiary/aromatic N) is 2. The number of nitrogens with one attached hydrogen (secondary N) is 2. The van der Waals surface area contributed by atoms with Crippen LogP contribution in [-0.4, -0.2) is 24.1 Å². The van der Waals surface area contributed by atoms with Gasteiger partial charge in [0, 0.05) is 30.7 Å². The Morgan fingerprint density at radius 2 is 1.89 bits per heavy atom. The highest BCUT2D eigenvalue weighted by Crippen LogP contribution is 2.24. The fraction of sp³-hybridized carbons (Fsp3) is 0.238. The molecule has 2 aromatic rings. The molecule has 0 heterocycles. The first-order valence-corrected chi connectivity index (χ1v) is 8.81. The largest absolute Gasteiger partial charge is 0.506 e. The first-order valence-electron chi connectivity index (χ1n) is 8.81. The van der Waals surface area contributed by atoms with Gasteiger partial charge in [-0.1, -0.05) is 12.1 Å². The Morgan fingerprint density at radius 3 is 2.48 bits per heavy atom. The number of hydrogen-bond donors (Lipinski definition) is 3. The summed E-state index contributed by atoms with van der Waals surface area (Å²) < 4.78 is 0. The summed E-state index contributed by atoms with van der Waals surface area (Å²) in [5, 5.41) is 24.6. The number of anilines is 3. The van der Waals surface area contributed by atoms with E-state index in [2.05, 4.69) is 35.4 Å². The summed E-state index contributed by atoms with van der Waals surface area (Å²) in [7, 11) is 0. The Balaban J connectivity index is 2.14. The lowest BCUT2D eigenvalue weighted by Crippen LogP contribution is -2.21. The van der Waals surface area contributed by atoms with Gasteiger partial charge in [0.1, 0.15) is 17.4 Å². The van der Waals surface area contributed by atoms with Crippen LogP contribution in [0.25, 0.3) is 0 Å². The maximum atomic E-state index is 12.3. The lowest BCUT2D eigenvalue weighted by molar-refractivity contribution is -0.112. The molecule has 140 valence electrons. The Morgan fingerprint density at radius 1 is 1.19 bits per heavy atom. The van der Waals surface area contributed by atoms with Crippen molar-refractivity contribution in [2.45, 2.75) is 20.8 Å². The molecule has 2 aromatic carbocycles. The molecule has 0 unspecified atom stereocenters.